The molecular weight excluding hydrogens is 202 g/mol. The topological polar surface area (TPSA) is 58.7 Å². The summed E-state index contributed by atoms with van der Waals surface area (Å²) in [4.78, 5) is 11.4. The lowest BCUT2D eigenvalue weighted by atomic mass is 10.1. The van der Waals surface area contributed by atoms with Crippen LogP contribution < -0.4 is 0 Å². The predicted molar refractivity (Wildman–Crippen MR) is 58.3 cm³/mol. The standard InChI is InChI=1S/C12H9N3O/c1-9(16)11-4-2-3-5-12(11)15-10(8-13)6-7-14-15/h2-7H,1H3. The van der Waals surface area contributed by atoms with Gasteiger partial charge >= 0.3 is 0 Å². The minimum Gasteiger partial charge on any atom is -0.294 e. The van der Waals surface area contributed by atoms with Crippen LogP contribution in [-0.4, -0.2) is 15.6 Å². The van der Waals surface area contributed by atoms with Crippen molar-refractivity contribution in [1.82, 2.24) is 9.78 Å². The monoisotopic (exact) mass is 211 g/mol. The lowest BCUT2D eigenvalue weighted by molar-refractivity contribution is 0.101. The summed E-state index contributed by atoms with van der Waals surface area (Å²) in [6.45, 7) is 1.49. The van der Waals surface area contributed by atoms with Crippen molar-refractivity contribution in [1.29, 1.82) is 5.26 Å². The lowest BCUT2D eigenvalue weighted by Crippen LogP contribution is -2.06. The number of ketones is 1. The Morgan fingerprint density at radius 1 is 1.38 bits per heavy atom. The molecule has 2 aromatic rings. The largest absolute Gasteiger partial charge is 0.294 e. The summed E-state index contributed by atoms with van der Waals surface area (Å²) in [5, 5.41) is 12.9. The van der Waals surface area contributed by atoms with E-state index in [1.807, 2.05) is 12.1 Å². The maximum Gasteiger partial charge on any atom is 0.161 e. The highest BCUT2D eigenvalue weighted by Gasteiger charge is 2.11. The van der Waals surface area contributed by atoms with Crippen LogP contribution in [0.5, 0.6) is 0 Å². The number of hydrogen-bond donors (Lipinski definition) is 0. The molecule has 0 unspecified atom stereocenters. The van der Waals surface area contributed by atoms with Crippen LogP contribution in [-0.2, 0) is 0 Å². The van der Waals surface area contributed by atoms with E-state index in [-0.39, 0.29) is 5.78 Å². The maximum absolute atomic E-state index is 11.4. The zero-order chi connectivity index (χ0) is 11.5. The molecule has 4 heteroatoms. The molecule has 4 nitrogen and oxygen atoms in total. The molecule has 1 aromatic heterocycles. The van der Waals surface area contributed by atoms with Crippen LogP contribution in [0, 0.1) is 11.3 Å². The average Bonchev–Trinajstić information content (AvgIpc) is 2.76. The third-order valence-corrected chi connectivity index (χ3v) is 2.27. The van der Waals surface area contributed by atoms with Crippen LogP contribution in [0.2, 0.25) is 0 Å². The molecule has 0 aliphatic carbocycles. The third-order valence-electron chi connectivity index (χ3n) is 2.27. The number of benzene rings is 1. The molecule has 2 rings (SSSR count). The zero-order valence-corrected chi connectivity index (χ0v) is 8.71. The molecule has 1 heterocycles. The van der Waals surface area contributed by atoms with Crippen LogP contribution in [0.1, 0.15) is 23.0 Å². The Balaban J connectivity index is 2.66. The van der Waals surface area contributed by atoms with Crippen LogP contribution in [0.4, 0.5) is 0 Å². The molecule has 0 aliphatic heterocycles. The predicted octanol–water partition coefficient (Wildman–Crippen LogP) is 1.95. The van der Waals surface area contributed by atoms with E-state index >= 15 is 0 Å². The summed E-state index contributed by atoms with van der Waals surface area (Å²) >= 11 is 0. The fraction of sp³-hybridized carbons (Fsp3) is 0.0833. The van der Waals surface area contributed by atoms with Crippen molar-refractivity contribution in [2.24, 2.45) is 0 Å². The van der Waals surface area contributed by atoms with Gasteiger partial charge in [-0.1, -0.05) is 12.1 Å². The van der Waals surface area contributed by atoms with Gasteiger partial charge in [-0.25, -0.2) is 4.68 Å². The van der Waals surface area contributed by atoms with E-state index in [0.29, 0.717) is 16.9 Å². The number of aromatic nitrogens is 2. The molecule has 0 N–H and O–H groups in total. The van der Waals surface area contributed by atoms with E-state index < -0.39 is 0 Å². The van der Waals surface area contributed by atoms with Crippen molar-refractivity contribution in [3.63, 3.8) is 0 Å². The molecule has 78 valence electrons. The molecule has 0 saturated carbocycles. The Hall–Kier alpha value is -2.41. The van der Waals surface area contributed by atoms with Gasteiger partial charge in [-0.2, -0.15) is 10.4 Å². The van der Waals surface area contributed by atoms with Crippen LogP contribution in [0.15, 0.2) is 36.5 Å². The van der Waals surface area contributed by atoms with Crippen molar-refractivity contribution >= 4 is 5.78 Å². The van der Waals surface area contributed by atoms with Crippen molar-refractivity contribution in [3.8, 4) is 11.8 Å². The Bertz CT molecular complexity index is 578. The molecule has 0 amide bonds. The number of hydrogen-bond acceptors (Lipinski definition) is 3. The first-order chi connectivity index (χ1) is 7.74. The summed E-state index contributed by atoms with van der Waals surface area (Å²) in [6.07, 6.45) is 1.54. The van der Waals surface area contributed by atoms with E-state index in [2.05, 4.69) is 5.10 Å². The van der Waals surface area contributed by atoms with Gasteiger partial charge in [0.1, 0.15) is 11.8 Å². The van der Waals surface area contributed by atoms with Gasteiger partial charge in [0.2, 0.25) is 0 Å². The first-order valence-electron chi connectivity index (χ1n) is 4.78. The molecular formula is C12H9N3O. The molecule has 0 radical (unpaired) electrons. The number of carbonyl (C=O) groups is 1. The lowest BCUT2D eigenvalue weighted by Gasteiger charge is -2.07. The fourth-order valence-electron chi connectivity index (χ4n) is 1.54. The van der Waals surface area contributed by atoms with E-state index in [1.165, 1.54) is 17.8 Å². The van der Waals surface area contributed by atoms with Gasteiger partial charge in [0.15, 0.2) is 5.78 Å². The van der Waals surface area contributed by atoms with Gasteiger partial charge in [-0.3, -0.25) is 4.79 Å². The number of nitriles is 1. The molecule has 0 aliphatic rings. The number of para-hydroxylation sites is 1. The van der Waals surface area contributed by atoms with Gasteiger partial charge in [0, 0.05) is 5.56 Å². The minimum absolute atomic E-state index is 0.0463. The Kier molecular flexibility index (Phi) is 2.52. The van der Waals surface area contributed by atoms with E-state index in [1.54, 1.807) is 24.3 Å². The van der Waals surface area contributed by atoms with Crippen molar-refractivity contribution < 1.29 is 4.79 Å². The molecule has 0 spiro atoms. The minimum atomic E-state index is -0.0463. The highest BCUT2D eigenvalue weighted by Crippen LogP contribution is 2.15. The van der Waals surface area contributed by atoms with Crippen molar-refractivity contribution in [3.05, 3.63) is 47.8 Å². The number of rotatable bonds is 2. The Morgan fingerprint density at radius 2 is 2.12 bits per heavy atom. The van der Waals surface area contributed by atoms with Gasteiger partial charge in [-0.15, -0.1) is 0 Å². The molecule has 0 atom stereocenters. The van der Waals surface area contributed by atoms with Gasteiger partial charge in [0.25, 0.3) is 0 Å². The zero-order valence-electron chi connectivity index (χ0n) is 8.71. The number of nitrogens with zero attached hydrogens (tertiary/aromatic N) is 3. The quantitative estimate of drug-likeness (QED) is 0.713. The van der Waals surface area contributed by atoms with E-state index in [9.17, 15) is 4.79 Å². The van der Waals surface area contributed by atoms with Crippen LogP contribution in [0.3, 0.4) is 0 Å². The molecule has 0 saturated heterocycles. The van der Waals surface area contributed by atoms with E-state index in [4.69, 9.17) is 5.26 Å². The highest BCUT2D eigenvalue weighted by molar-refractivity contribution is 5.97. The van der Waals surface area contributed by atoms with Gasteiger partial charge in [-0.05, 0) is 25.1 Å². The molecule has 16 heavy (non-hydrogen) atoms. The summed E-state index contributed by atoms with van der Waals surface area (Å²) in [7, 11) is 0. The fourth-order valence-corrected chi connectivity index (χ4v) is 1.54. The smallest absolute Gasteiger partial charge is 0.161 e. The van der Waals surface area contributed by atoms with Gasteiger partial charge < -0.3 is 0 Å². The second-order valence-electron chi connectivity index (χ2n) is 3.31. The first kappa shape index (κ1) is 10.1. The van der Waals surface area contributed by atoms with Crippen LogP contribution >= 0.6 is 0 Å². The summed E-state index contributed by atoms with van der Waals surface area (Å²) in [5.74, 6) is -0.0463. The first-order valence-corrected chi connectivity index (χ1v) is 4.78. The second kappa shape index (κ2) is 3.99. The summed E-state index contributed by atoms with van der Waals surface area (Å²) in [6, 6.07) is 10.7. The van der Waals surface area contributed by atoms with Crippen LogP contribution in [0.25, 0.3) is 5.69 Å². The van der Waals surface area contributed by atoms with Crippen molar-refractivity contribution in [2.45, 2.75) is 6.92 Å². The number of Topliss-reactive ketones (excluding diaryl/α,β-unsaturated/α-hetero) is 1. The maximum atomic E-state index is 11.4. The highest BCUT2D eigenvalue weighted by atomic mass is 16.1. The Labute approximate surface area is 92.7 Å². The molecule has 1 aromatic carbocycles. The van der Waals surface area contributed by atoms with E-state index in [0.717, 1.165) is 0 Å². The van der Waals surface area contributed by atoms with Crippen molar-refractivity contribution in [2.75, 3.05) is 0 Å². The normalized spacial score (nSPS) is 9.75. The molecule has 0 bridgehead atoms. The van der Waals surface area contributed by atoms with Gasteiger partial charge in [0.05, 0.1) is 11.9 Å². The third kappa shape index (κ3) is 1.59. The second-order valence-corrected chi connectivity index (χ2v) is 3.31. The molecule has 0 fully saturated rings. The number of carbonyl (C=O) groups excluding carboxylic acids is 1. The summed E-state index contributed by atoms with van der Waals surface area (Å²) < 4.78 is 1.47. The Morgan fingerprint density at radius 3 is 2.81 bits per heavy atom. The average molecular weight is 211 g/mol. The SMILES string of the molecule is CC(=O)c1ccccc1-n1nccc1C#N. The summed E-state index contributed by atoms with van der Waals surface area (Å²) in [5.41, 5.74) is 1.60.